The summed E-state index contributed by atoms with van der Waals surface area (Å²) in [5, 5.41) is 3.79. The summed E-state index contributed by atoms with van der Waals surface area (Å²) < 4.78 is 10.9. The van der Waals surface area contributed by atoms with Crippen LogP contribution in [-0.4, -0.2) is 44.2 Å². The van der Waals surface area contributed by atoms with Gasteiger partial charge >= 0.3 is 0 Å². The van der Waals surface area contributed by atoms with Gasteiger partial charge < -0.3 is 14.8 Å². The molecule has 5 nitrogen and oxygen atoms in total. The summed E-state index contributed by atoms with van der Waals surface area (Å²) in [6, 6.07) is 13.0. The van der Waals surface area contributed by atoms with Crippen molar-refractivity contribution in [3.63, 3.8) is 0 Å². The quantitative estimate of drug-likeness (QED) is 0.614. The van der Waals surface area contributed by atoms with Crippen molar-refractivity contribution in [3.8, 4) is 11.5 Å². The summed E-state index contributed by atoms with van der Waals surface area (Å²) in [7, 11) is 1.55. The van der Waals surface area contributed by atoms with E-state index in [1.54, 1.807) is 31.4 Å². The average Bonchev–Trinajstić information content (AvgIpc) is 3.28. The number of ether oxygens (including phenoxy) is 2. The van der Waals surface area contributed by atoms with Crippen LogP contribution in [0.25, 0.3) is 0 Å². The normalized spacial score (nSPS) is 15.0. The number of hydrogen-bond acceptors (Lipinski definition) is 4. The maximum atomic E-state index is 12.8. The first-order chi connectivity index (χ1) is 14.1. The molecular weight excluding hydrogens is 388 g/mol. The van der Waals surface area contributed by atoms with Crippen molar-refractivity contribution in [2.45, 2.75) is 18.9 Å². The Hall–Kier alpha value is -2.50. The lowest BCUT2D eigenvalue weighted by molar-refractivity contribution is 0.0937. The van der Waals surface area contributed by atoms with Crippen molar-refractivity contribution in [3.05, 3.63) is 71.3 Å². The second-order valence-corrected chi connectivity index (χ2v) is 7.36. The Kier molecular flexibility index (Phi) is 7.55. The highest BCUT2D eigenvalue weighted by Crippen LogP contribution is 2.30. The molecule has 0 radical (unpaired) electrons. The Labute approximate surface area is 177 Å². The van der Waals surface area contributed by atoms with Gasteiger partial charge in [-0.3, -0.25) is 9.69 Å². The SMILES string of the molecule is C=CCOc1ccc(C(=O)NCC(c2ccccc2Cl)N2CCCC2)cc1OC. The third-order valence-electron chi connectivity index (χ3n) is 5.08. The van der Waals surface area contributed by atoms with Gasteiger partial charge in [0, 0.05) is 17.1 Å². The standard InChI is InChI=1S/C23H27ClN2O3/c1-3-14-29-21-11-10-17(15-22(21)28-2)23(27)25-16-20(26-12-6-7-13-26)18-8-4-5-9-19(18)24/h3-5,8-11,15,20H,1,6-7,12-14,16H2,2H3,(H,25,27). The van der Waals surface area contributed by atoms with Crippen molar-refractivity contribution in [2.75, 3.05) is 33.4 Å². The number of methoxy groups -OCH3 is 1. The lowest BCUT2D eigenvalue weighted by Crippen LogP contribution is -2.37. The zero-order valence-corrected chi connectivity index (χ0v) is 17.5. The molecule has 0 aromatic heterocycles. The number of likely N-dealkylation sites (tertiary alicyclic amines) is 1. The minimum Gasteiger partial charge on any atom is -0.493 e. The number of amides is 1. The van der Waals surface area contributed by atoms with Crippen molar-refractivity contribution in [1.82, 2.24) is 10.2 Å². The van der Waals surface area contributed by atoms with Gasteiger partial charge in [-0.15, -0.1) is 0 Å². The van der Waals surface area contributed by atoms with E-state index in [1.165, 1.54) is 0 Å². The van der Waals surface area contributed by atoms with E-state index in [0.29, 0.717) is 30.2 Å². The number of carbonyl (C=O) groups is 1. The molecule has 2 aromatic rings. The summed E-state index contributed by atoms with van der Waals surface area (Å²) in [5.74, 6) is 0.937. The number of nitrogens with one attached hydrogen (secondary N) is 1. The molecule has 1 N–H and O–H groups in total. The third kappa shape index (κ3) is 5.31. The fraction of sp³-hybridized carbons (Fsp3) is 0.348. The Morgan fingerprint density at radius 2 is 2.00 bits per heavy atom. The first-order valence-electron chi connectivity index (χ1n) is 9.82. The van der Waals surface area contributed by atoms with E-state index in [0.717, 1.165) is 36.5 Å². The van der Waals surface area contributed by atoms with E-state index < -0.39 is 0 Å². The van der Waals surface area contributed by atoms with E-state index in [9.17, 15) is 4.79 Å². The van der Waals surface area contributed by atoms with Gasteiger partial charge in [-0.1, -0.05) is 42.5 Å². The smallest absolute Gasteiger partial charge is 0.251 e. The second kappa shape index (κ2) is 10.3. The highest BCUT2D eigenvalue weighted by molar-refractivity contribution is 6.31. The van der Waals surface area contributed by atoms with Crippen LogP contribution in [0.1, 0.15) is 34.8 Å². The maximum Gasteiger partial charge on any atom is 0.251 e. The molecule has 2 aromatic carbocycles. The molecule has 1 aliphatic heterocycles. The molecule has 29 heavy (non-hydrogen) atoms. The van der Waals surface area contributed by atoms with Gasteiger partial charge in [0.2, 0.25) is 0 Å². The fourth-order valence-corrected chi connectivity index (χ4v) is 3.86. The molecule has 154 valence electrons. The molecule has 1 saturated heterocycles. The highest BCUT2D eigenvalue weighted by Gasteiger charge is 2.25. The zero-order chi connectivity index (χ0) is 20.6. The Morgan fingerprint density at radius 3 is 2.69 bits per heavy atom. The molecule has 3 rings (SSSR count). The van der Waals surface area contributed by atoms with Crippen molar-refractivity contribution in [2.24, 2.45) is 0 Å². The van der Waals surface area contributed by atoms with Crippen molar-refractivity contribution in [1.29, 1.82) is 0 Å². The average molecular weight is 415 g/mol. The van der Waals surface area contributed by atoms with Gasteiger partial charge in [-0.2, -0.15) is 0 Å². The molecule has 1 fully saturated rings. The van der Waals surface area contributed by atoms with Crippen molar-refractivity contribution < 1.29 is 14.3 Å². The third-order valence-corrected chi connectivity index (χ3v) is 5.43. The summed E-state index contributed by atoms with van der Waals surface area (Å²) in [6.07, 6.45) is 3.99. The van der Waals surface area contributed by atoms with Crippen LogP contribution in [-0.2, 0) is 0 Å². The summed E-state index contributed by atoms with van der Waals surface area (Å²) in [6.45, 7) is 6.51. The van der Waals surface area contributed by atoms with Gasteiger partial charge in [-0.25, -0.2) is 0 Å². The predicted molar refractivity (Wildman–Crippen MR) is 116 cm³/mol. The summed E-state index contributed by atoms with van der Waals surface area (Å²) in [4.78, 5) is 15.2. The Morgan fingerprint density at radius 1 is 1.24 bits per heavy atom. The van der Waals surface area contributed by atoms with Crippen LogP contribution >= 0.6 is 11.6 Å². The maximum absolute atomic E-state index is 12.8. The molecule has 1 unspecified atom stereocenters. The summed E-state index contributed by atoms with van der Waals surface area (Å²) >= 11 is 6.45. The lowest BCUT2D eigenvalue weighted by atomic mass is 10.0. The van der Waals surface area contributed by atoms with E-state index in [2.05, 4.69) is 16.8 Å². The van der Waals surface area contributed by atoms with Gasteiger partial charge in [0.05, 0.1) is 13.2 Å². The summed E-state index contributed by atoms with van der Waals surface area (Å²) in [5.41, 5.74) is 1.56. The molecule has 1 amide bonds. The molecule has 0 bridgehead atoms. The van der Waals surface area contributed by atoms with E-state index in [4.69, 9.17) is 21.1 Å². The van der Waals surface area contributed by atoms with Crippen LogP contribution in [0.5, 0.6) is 11.5 Å². The first kappa shape index (κ1) is 21.2. The molecule has 1 aliphatic rings. The number of benzene rings is 2. The van der Waals surface area contributed by atoms with Crippen LogP contribution in [0.3, 0.4) is 0 Å². The molecule has 0 aliphatic carbocycles. The van der Waals surface area contributed by atoms with Crippen molar-refractivity contribution >= 4 is 17.5 Å². The molecule has 0 spiro atoms. The predicted octanol–water partition coefficient (Wildman–Crippen LogP) is 4.48. The molecule has 1 heterocycles. The van der Waals surface area contributed by atoms with E-state index in [1.807, 2.05) is 24.3 Å². The number of nitrogens with zero attached hydrogens (tertiary/aromatic N) is 1. The molecule has 6 heteroatoms. The monoisotopic (exact) mass is 414 g/mol. The number of rotatable bonds is 9. The highest BCUT2D eigenvalue weighted by atomic mass is 35.5. The van der Waals surface area contributed by atoms with Gasteiger partial charge in [0.1, 0.15) is 6.61 Å². The second-order valence-electron chi connectivity index (χ2n) is 6.96. The topological polar surface area (TPSA) is 50.8 Å². The molecule has 1 atom stereocenters. The van der Waals surface area contributed by atoms with E-state index >= 15 is 0 Å². The molecule has 0 saturated carbocycles. The zero-order valence-electron chi connectivity index (χ0n) is 16.7. The van der Waals surface area contributed by atoms with Crippen LogP contribution in [0, 0.1) is 0 Å². The van der Waals surface area contributed by atoms with Gasteiger partial charge in [-0.05, 0) is 55.8 Å². The van der Waals surface area contributed by atoms with E-state index in [-0.39, 0.29) is 11.9 Å². The van der Waals surface area contributed by atoms with Crippen LogP contribution in [0.15, 0.2) is 55.1 Å². The Balaban J connectivity index is 1.73. The van der Waals surface area contributed by atoms with Crippen LogP contribution < -0.4 is 14.8 Å². The van der Waals surface area contributed by atoms with Gasteiger partial charge in [0.25, 0.3) is 5.91 Å². The van der Waals surface area contributed by atoms with Crippen LogP contribution in [0.2, 0.25) is 5.02 Å². The lowest BCUT2D eigenvalue weighted by Gasteiger charge is -2.29. The number of carbonyl (C=O) groups excluding carboxylic acids is 1. The largest absolute Gasteiger partial charge is 0.493 e. The fourth-order valence-electron chi connectivity index (χ4n) is 3.60. The molecular formula is C23H27ClN2O3. The van der Waals surface area contributed by atoms with Gasteiger partial charge in [0.15, 0.2) is 11.5 Å². The number of hydrogen-bond donors (Lipinski definition) is 1. The number of halogens is 1. The minimum atomic E-state index is -0.158. The Bertz CT molecular complexity index is 850. The first-order valence-corrected chi connectivity index (χ1v) is 10.2. The van der Waals surface area contributed by atoms with Crippen LogP contribution in [0.4, 0.5) is 0 Å². The minimum absolute atomic E-state index is 0.0484.